The van der Waals surface area contributed by atoms with Crippen molar-refractivity contribution >= 4 is 17.7 Å². The van der Waals surface area contributed by atoms with Crippen LogP contribution < -0.4 is 14.8 Å². The Morgan fingerprint density at radius 3 is 2.68 bits per heavy atom. The number of urea groups is 1. The van der Waals surface area contributed by atoms with E-state index in [1.54, 1.807) is 18.2 Å². The van der Waals surface area contributed by atoms with Crippen LogP contribution in [0.4, 0.5) is 4.79 Å². The number of amides is 3. The van der Waals surface area contributed by atoms with Crippen LogP contribution in [0.25, 0.3) is 0 Å². The summed E-state index contributed by atoms with van der Waals surface area (Å²) >= 11 is 0. The van der Waals surface area contributed by atoms with Crippen LogP contribution in [0.15, 0.2) is 42.5 Å². The molecule has 2 aromatic rings. The second-order valence-electron chi connectivity index (χ2n) is 6.87. The van der Waals surface area contributed by atoms with Gasteiger partial charge in [0.2, 0.25) is 0 Å². The molecular weight excluding hydrogens is 360 g/mol. The molecule has 4 rings (SSSR count). The zero-order chi connectivity index (χ0) is 19.9. The highest BCUT2D eigenvalue weighted by Gasteiger charge is 2.55. The normalized spacial score (nSPS) is 20.3. The molecule has 1 fully saturated rings. The summed E-state index contributed by atoms with van der Waals surface area (Å²) in [5.74, 6) is 0.108. The smallest absolute Gasteiger partial charge is 0.325 e. The van der Waals surface area contributed by atoms with Gasteiger partial charge in [0, 0.05) is 6.07 Å². The maximum Gasteiger partial charge on any atom is 0.325 e. The number of hydrogen-bond acceptors (Lipinski definition) is 5. The van der Waals surface area contributed by atoms with Gasteiger partial charge < -0.3 is 14.8 Å². The van der Waals surface area contributed by atoms with E-state index in [4.69, 9.17) is 9.47 Å². The lowest BCUT2D eigenvalue weighted by atomic mass is 9.92. The van der Waals surface area contributed by atoms with Crippen LogP contribution in [-0.4, -0.2) is 43.4 Å². The van der Waals surface area contributed by atoms with Crippen LogP contribution in [0.1, 0.15) is 27.9 Å². The van der Waals surface area contributed by atoms with Gasteiger partial charge in [-0.1, -0.05) is 24.3 Å². The standard InChI is InChI=1S/C21H20N2O5/c1-27-14-7-8-15(18(11-14)28-2)17(24)12-23-19(25)21(22-20(23)26)10-9-13-5-3-4-6-16(13)21/h3-8,11H,9-10,12H2,1-2H3,(H,22,26)/t21-/m1/s1. The third-order valence-corrected chi connectivity index (χ3v) is 5.43. The predicted octanol–water partition coefficient (Wildman–Crippen LogP) is 2.28. The van der Waals surface area contributed by atoms with Gasteiger partial charge in [0.15, 0.2) is 5.78 Å². The van der Waals surface area contributed by atoms with Crippen molar-refractivity contribution in [3.63, 3.8) is 0 Å². The average Bonchev–Trinajstić information content (AvgIpc) is 3.20. The Labute approximate surface area is 162 Å². The highest BCUT2D eigenvalue weighted by Crippen LogP contribution is 2.41. The van der Waals surface area contributed by atoms with E-state index >= 15 is 0 Å². The minimum atomic E-state index is -1.07. The quantitative estimate of drug-likeness (QED) is 0.635. The zero-order valence-corrected chi connectivity index (χ0v) is 15.7. The summed E-state index contributed by atoms with van der Waals surface area (Å²) in [5, 5.41) is 2.82. The molecule has 7 nitrogen and oxygen atoms in total. The monoisotopic (exact) mass is 380 g/mol. The number of ether oxygens (including phenoxy) is 2. The number of fused-ring (bicyclic) bond motifs is 2. The molecule has 0 radical (unpaired) electrons. The van der Waals surface area contributed by atoms with Crippen molar-refractivity contribution in [1.82, 2.24) is 10.2 Å². The highest BCUT2D eigenvalue weighted by atomic mass is 16.5. The number of aryl methyl sites for hydroxylation is 1. The molecule has 0 saturated carbocycles. The van der Waals surface area contributed by atoms with E-state index in [9.17, 15) is 14.4 Å². The predicted molar refractivity (Wildman–Crippen MR) is 101 cm³/mol. The van der Waals surface area contributed by atoms with Crippen LogP contribution in [0.3, 0.4) is 0 Å². The third kappa shape index (κ3) is 2.62. The third-order valence-electron chi connectivity index (χ3n) is 5.43. The summed E-state index contributed by atoms with van der Waals surface area (Å²) in [6.45, 7) is -0.350. The Balaban J connectivity index is 1.61. The molecular formula is C21H20N2O5. The number of benzene rings is 2. The number of Topliss-reactive ketones (excluding diaryl/α,β-unsaturated/α-hetero) is 1. The second-order valence-corrected chi connectivity index (χ2v) is 6.87. The molecule has 0 unspecified atom stereocenters. The Bertz CT molecular complexity index is 987. The maximum atomic E-state index is 13.2. The van der Waals surface area contributed by atoms with Crippen LogP contribution in [-0.2, 0) is 16.8 Å². The van der Waals surface area contributed by atoms with Crippen molar-refractivity contribution in [2.75, 3.05) is 20.8 Å². The molecule has 1 N–H and O–H groups in total. The number of hydrogen-bond donors (Lipinski definition) is 1. The van der Waals surface area contributed by atoms with Crippen LogP contribution in [0, 0.1) is 0 Å². The topological polar surface area (TPSA) is 84.9 Å². The first-order chi connectivity index (χ1) is 13.5. The number of rotatable bonds is 5. The van der Waals surface area contributed by atoms with Gasteiger partial charge in [-0.2, -0.15) is 0 Å². The maximum absolute atomic E-state index is 13.2. The summed E-state index contributed by atoms with van der Waals surface area (Å²) in [4.78, 5) is 39.6. The number of ketones is 1. The van der Waals surface area contributed by atoms with Crippen LogP contribution >= 0.6 is 0 Å². The summed E-state index contributed by atoms with van der Waals surface area (Å²) in [6, 6.07) is 11.8. The Morgan fingerprint density at radius 1 is 1.14 bits per heavy atom. The lowest BCUT2D eigenvalue weighted by Gasteiger charge is -2.22. The van der Waals surface area contributed by atoms with Gasteiger partial charge in [0.1, 0.15) is 17.0 Å². The Kier molecular flexibility index (Phi) is 4.30. The van der Waals surface area contributed by atoms with E-state index in [1.165, 1.54) is 14.2 Å². The molecule has 0 aromatic heterocycles. The number of carbonyl (C=O) groups is 3. The molecule has 1 aliphatic heterocycles. The molecule has 28 heavy (non-hydrogen) atoms. The molecule has 144 valence electrons. The van der Waals surface area contributed by atoms with Gasteiger partial charge in [0.25, 0.3) is 5.91 Å². The van der Waals surface area contributed by atoms with Gasteiger partial charge in [-0.3, -0.25) is 14.5 Å². The fourth-order valence-corrected chi connectivity index (χ4v) is 3.99. The Hall–Kier alpha value is -3.35. The molecule has 1 spiro atoms. The minimum Gasteiger partial charge on any atom is -0.497 e. The van der Waals surface area contributed by atoms with Crippen molar-refractivity contribution in [1.29, 1.82) is 0 Å². The molecule has 2 aliphatic rings. The van der Waals surface area contributed by atoms with Crippen molar-refractivity contribution in [3.8, 4) is 11.5 Å². The largest absolute Gasteiger partial charge is 0.497 e. The fraction of sp³-hybridized carbons (Fsp3) is 0.286. The van der Waals surface area contributed by atoms with E-state index in [2.05, 4.69) is 5.32 Å². The van der Waals surface area contributed by atoms with Gasteiger partial charge in [-0.05, 0) is 36.1 Å². The van der Waals surface area contributed by atoms with Gasteiger partial charge >= 0.3 is 6.03 Å². The van der Waals surface area contributed by atoms with E-state index in [0.29, 0.717) is 24.3 Å². The molecule has 0 bridgehead atoms. The molecule has 2 aromatic carbocycles. The average molecular weight is 380 g/mol. The zero-order valence-electron chi connectivity index (χ0n) is 15.7. The van der Waals surface area contributed by atoms with Crippen LogP contribution in [0.2, 0.25) is 0 Å². The lowest BCUT2D eigenvalue weighted by molar-refractivity contribution is -0.131. The van der Waals surface area contributed by atoms with Crippen molar-refractivity contribution in [2.45, 2.75) is 18.4 Å². The summed E-state index contributed by atoms with van der Waals surface area (Å²) in [6.07, 6.45) is 1.20. The molecule has 7 heteroatoms. The first kappa shape index (κ1) is 18.0. The Morgan fingerprint density at radius 2 is 1.93 bits per heavy atom. The highest BCUT2D eigenvalue weighted by molar-refractivity contribution is 6.12. The number of nitrogens with zero attached hydrogens (tertiary/aromatic N) is 1. The van der Waals surface area contributed by atoms with E-state index in [1.807, 2.05) is 24.3 Å². The minimum absolute atomic E-state index is 0.289. The summed E-state index contributed by atoms with van der Waals surface area (Å²) < 4.78 is 10.4. The van der Waals surface area contributed by atoms with Crippen LogP contribution in [0.5, 0.6) is 11.5 Å². The molecule has 1 atom stereocenters. The summed E-state index contributed by atoms with van der Waals surface area (Å²) in [7, 11) is 2.96. The van der Waals surface area contributed by atoms with Gasteiger partial charge in [0.05, 0.1) is 26.3 Å². The first-order valence-corrected chi connectivity index (χ1v) is 8.98. The van der Waals surface area contributed by atoms with E-state index in [0.717, 1.165) is 16.0 Å². The van der Waals surface area contributed by atoms with Gasteiger partial charge in [-0.15, -0.1) is 0 Å². The molecule has 1 aliphatic carbocycles. The number of methoxy groups -OCH3 is 2. The number of carbonyl (C=O) groups excluding carboxylic acids is 3. The second kappa shape index (κ2) is 6.67. The van der Waals surface area contributed by atoms with Crippen molar-refractivity contribution < 1.29 is 23.9 Å². The molecule has 1 heterocycles. The number of nitrogens with one attached hydrogen (secondary N) is 1. The molecule has 3 amide bonds. The van der Waals surface area contributed by atoms with Crippen molar-refractivity contribution in [2.24, 2.45) is 0 Å². The summed E-state index contributed by atoms with van der Waals surface area (Å²) in [5.41, 5.74) is 1.07. The van der Waals surface area contributed by atoms with Crippen molar-refractivity contribution in [3.05, 3.63) is 59.2 Å². The fourth-order valence-electron chi connectivity index (χ4n) is 3.99. The SMILES string of the molecule is COc1ccc(C(=O)CN2C(=O)N[C@@]3(CCc4ccccc43)C2=O)c(OC)c1. The van der Waals surface area contributed by atoms with Gasteiger partial charge in [-0.25, -0.2) is 4.79 Å². The van der Waals surface area contributed by atoms with E-state index in [-0.39, 0.29) is 23.8 Å². The first-order valence-electron chi connectivity index (χ1n) is 8.98. The van der Waals surface area contributed by atoms with E-state index < -0.39 is 11.6 Å². The molecule has 1 saturated heterocycles. The number of imide groups is 1. The lowest BCUT2D eigenvalue weighted by Crippen LogP contribution is -2.42.